The van der Waals surface area contributed by atoms with Crippen LogP contribution in [0.1, 0.15) is 44.2 Å². The SMILES string of the molecule is CC(N)c1ccc(N2C3CCC2CC(O)C3)cc1Br. The zero-order valence-electron chi connectivity index (χ0n) is 11.2. The van der Waals surface area contributed by atoms with Crippen LogP contribution < -0.4 is 10.6 Å². The maximum atomic E-state index is 9.87. The first-order valence-electron chi connectivity index (χ1n) is 7.07. The quantitative estimate of drug-likeness (QED) is 0.879. The van der Waals surface area contributed by atoms with Crippen LogP contribution in [0.15, 0.2) is 22.7 Å². The molecule has 0 spiro atoms. The molecule has 2 aliphatic heterocycles. The van der Waals surface area contributed by atoms with Gasteiger partial charge in [-0.15, -0.1) is 0 Å². The molecule has 0 aromatic heterocycles. The minimum atomic E-state index is -0.111. The Kier molecular flexibility index (Phi) is 3.58. The molecule has 0 amide bonds. The summed E-state index contributed by atoms with van der Waals surface area (Å²) in [7, 11) is 0. The zero-order chi connectivity index (χ0) is 13.6. The van der Waals surface area contributed by atoms with Gasteiger partial charge in [-0.25, -0.2) is 0 Å². The third kappa shape index (κ3) is 2.41. The fourth-order valence-electron chi connectivity index (χ4n) is 3.62. The number of nitrogens with zero attached hydrogens (tertiary/aromatic N) is 1. The number of benzene rings is 1. The number of halogens is 1. The number of hydrogen-bond donors (Lipinski definition) is 2. The Hall–Kier alpha value is -0.580. The number of piperidine rings is 1. The Morgan fingerprint density at radius 1 is 1.32 bits per heavy atom. The van der Waals surface area contributed by atoms with Gasteiger partial charge < -0.3 is 15.7 Å². The van der Waals surface area contributed by atoms with Gasteiger partial charge in [0.1, 0.15) is 0 Å². The van der Waals surface area contributed by atoms with Crippen molar-refractivity contribution in [2.24, 2.45) is 5.73 Å². The molecule has 1 aromatic rings. The maximum absolute atomic E-state index is 9.87. The normalized spacial score (nSPS) is 31.6. The van der Waals surface area contributed by atoms with Gasteiger partial charge in [-0.1, -0.05) is 22.0 Å². The highest BCUT2D eigenvalue weighted by Gasteiger charge is 2.40. The van der Waals surface area contributed by atoms with Crippen LogP contribution in [0.4, 0.5) is 5.69 Å². The van der Waals surface area contributed by atoms with E-state index in [1.807, 2.05) is 6.92 Å². The van der Waals surface area contributed by atoms with E-state index in [1.165, 1.54) is 18.5 Å². The van der Waals surface area contributed by atoms with Gasteiger partial charge >= 0.3 is 0 Å². The summed E-state index contributed by atoms with van der Waals surface area (Å²) in [6.45, 7) is 2.00. The standard InChI is InChI=1S/C15H21BrN2O/c1-9(17)14-5-4-12(8-15(14)16)18-10-2-3-11(18)7-13(19)6-10/h4-5,8-11,13,19H,2-3,6-7,17H2,1H3. The van der Waals surface area contributed by atoms with E-state index in [0.717, 1.165) is 22.9 Å². The molecule has 1 aromatic carbocycles. The minimum absolute atomic E-state index is 0.0447. The van der Waals surface area contributed by atoms with Crippen LogP contribution in [0, 0.1) is 0 Å². The first-order chi connectivity index (χ1) is 9.06. The lowest BCUT2D eigenvalue weighted by molar-refractivity contribution is 0.126. The molecule has 3 unspecified atom stereocenters. The second-order valence-corrected chi connectivity index (χ2v) is 6.77. The molecule has 2 saturated heterocycles. The van der Waals surface area contributed by atoms with E-state index >= 15 is 0 Å². The summed E-state index contributed by atoms with van der Waals surface area (Å²) >= 11 is 3.63. The van der Waals surface area contributed by atoms with E-state index in [0.29, 0.717) is 12.1 Å². The molecular formula is C15H21BrN2O. The van der Waals surface area contributed by atoms with Crippen LogP contribution in [-0.4, -0.2) is 23.3 Å². The Balaban J connectivity index is 1.89. The van der Waals surface area contributed by atoms with E-state index in [4.69, 9.17) is 5.73 Å². The molecule has 19 heavy (non-hydrogen) atoms. The molecule has 2 fully saturated rings. The van der Waals surface area contributed by atoms with Crippen molar-refractivity contribution in [2.45, 2.75) is 56.8 Å². The molecular weight excluding hydrogens is 304 g/mol. The van der Waals surface area contributed by atoms with E-state index < -0.39 is 0 Å². The zero-order valence-corrected chi connectivity index (χ0v) is 12.8. The average molecular weight is 325 g/mol. The predicted molar refractivity (Wildman–Crippen MR) is 81.3 cm³/mol. The number of nitrogens with two attached hydrogens (primary N) is 1. The third-order valence-electron chi connectivity index (χ3n) is 4.48. The molecule has 2 aliphatic rings. The Bertz CT molecular complexity index is 463. The van der Waals surface area contributed by atoms with Crippen LogP contribution >= 0.6 is 15.9 Å². The van der Waals surface area contributed by atoms with Crippen molar-refractivity contribution in [1.82, 2.24) is 0 Å². The summed E-state index contributed by atoms with van der Waals surface area (Å²) in [4.78, 5) is 2.50. The molecule has 3 atom stereocenters. The number of fused-ring (bicyclic) bond motifs is 2. The molecule has 0 saturated carbocycles. The fraction of sp³-hybridized carbons (Fsp3) is 0.600. The third-order valence-corrected chi connectivity index (χ3v) is 5.17. The van der Waals surface area contributed by atoms with Crippen molar-refractivity contribution >= 4 is 21.6 Å². The lowest BCUT2D eigenvalue weighted by Gasteiger charge is -2.39. The topological polar surface area (TPSA) is 49.5 Å². The van der Waals surface area contributed by atoms with Gasteiger partial charge in [0.2, 0.25) is 0 Å². The second kappa shape index (κ2) is 5.08. The van der Waals surface area contributed by atoms with E-state index in [-0.39, 0.29) is 12.1 Å². The molecule has 0 radical (unpaired) electrons. The van der Waals surface area contributed by atoms with Crippen LogP contribution in [-0.2, 0) is 0 Å². The highest BCUT2D eigenvalue weighted by atomic mass is 79.9. The average Bonchev–Trinajstić information content (AvgIpc) is 2.61. The summed E-state index contributed by atoms with van der Waals surface area (Å²) in [5.74, 6) is 0. The predicted octanol–water partition coefficient (Wildman–Crippen LogP) is 2.96. The fourth-order valence-corrected chi connectivity index (χ4v) is 4.34. The lowest BCUT2D eigenvalue weighted by Crippen LogP contribution is -2.44. The summed E-state index contributed by atoms with van der Waals surface area (Å²) in [6.07, 6.45) is 4.11. The Labute approximate surface area is 122 Å². The monoisotopic (exact) mass is 324 g/mol. The van der Waals surface area contributed by atoms with Crippen molar-refractivity contribution < 1.29 is 5.11 Å². The highest BCUT2D eigenvalue weighted by molar-refractivity contribution is 9.10. The molecule has 4 heteroatoms. The van der Waals surface area contributed by atoms with Crippen LogP contribution in [0.2, 0.25) is 0 Å². The van der Waals surface area contributed by atoms with Crippen LogP contribution in [0.25, 0.3) is 0 Å². The number of aliphatic hydroxyl groups excluding tert-OH is 1. The van der Waals surface area contributed by atoms with Crippen molar-refractivity contribution in [3.8, 4) is 0 Å². The number of rotatable bonds is 2. The molecule has 2 heterocycles. The van der Waals surface area contributed by atoms with Gasteiger partial charge in [0, 0.05) is 28.3 Å². The van der Waals surface area contributed by atoms with E-state index in [2.05, 4.69) is 39.0 Å². The molecule has 3 N–H and O–H groups in total. The van der Waals surface area contributed by atoms with E-state index in [9.17, 15) is 5.11 Å². The molecule has 2 bridgehead atoms. The van der Waals surface area contributed by atoms with E-state index in [1.54, 1.807) is 0 Å². The first-order valence-corrected chi connectivity index (χ1v) is 7.87. The molecule has 104 valence electrons. The van der Waals surface area contributed by atoms with Crippen LogP contribution in [0.3, 0.4) is 0 Å². The van der Waals surface area contributed by atoms with Gasteiger partial charge in [-0.05, 0) is 50.3 Å². The van der Waals surface area contributed by atoms with Gasteiger partial charge in [0.05, 0.1) is 6.10 Å². The van der Waals surface area contributed by atoms with Gasteiger partial charge in [0.15, 0.2) is 0 Å². The van der Waals surface area contributed by atoms with Crippen molar-refractivity contribution in [1.29, 1.82) is 0 Å². The Morgan fingerprint density at radius 3 is 2.47 bits per heavy atom. The largest absolute Gasteiger partial charge is 0.393 e. The molecule has 3 rings (SSSR count). The Morgan fingerprint density at radius 2 is 1.95 bits per heavy atom. The number of hydrogen-bond acceptors (Lipinski definition) is 3. The summed E-state index contributed by atoms with van der Waals surface area (Å²) < 4.78 is 1.09. The summed E-state index contributed by atoms with van der Waals surface area (Å²) in [5.41, 5.74) is 8.36. The number of aliphatic hydroxyl groups is 1. The molecule has 0 aliphatic carbocycles. The van der Waals surface area contributed by atoms with Gasteiger partial charge in [-0.3, -0.25) is 0 Å². The van der Waals surface area contributed by atoms with Crippen LogP contribution in [0.5, 0.6) is 0 Å². The minimum Gasteiger partial charge on any atom is -0.393 e. The highest BCUT2D eigenvalue weighted by Crippen LogP contribution is 2.40. The van der Waals surface area contributed by atoms with Gasteiger partial charge in [0.25, 0.3) is 0 Å². The summed E-state index contributed by atoms with van der Waals surface area (Å²) in [6, 6.07) is 7.52. The first kappa shape index (κ1) is 13.4. The van der Waals surface area contributed by atoms with Crippen molar-refractivity contribution in [3.63, 3.8) is 0 Å². The number of anilines is 1. The van der Waals surface area contributed by atoms with Crippen molar-refractivity contribution in [3.05, 3.63) is 28.2 Å². The van der Waals surface area contributed by atoms with Gasteiger partial charge in [-0.2, -0.15) is 0 Å². The van der Waals surface area contributed by atoms with Crippen molar-refractivity contribution in [2.75, 3.05) is 4.90 Å². The smallest absolute Gasteiger partial charge is 0.0579 e. The molecule has 3 nitrogen and oxygen atoms in total. The summed E-state index contributed by atoms with van der Waals surface area (Å²) in [5, 5.41) is 9.87. The lowest BCUT2D eigenvalue weighted by atomic mass is 9.98. The maximum Gasteiger partial charge on any atom is 0.0579 e. The second-order valence-electron chi connectivity index (χ2n) is 5.91.